The highest BCUT2D eigenvalue weighted by Gasteiger charge is 2.38. The van der Waals surface area contributed by atoms with Crippen molar-refractivity contribution in [2.45, 2.75) is 44.7 Å². The van der Waals surface area contributed by atoms with E-state index >= 15 is 0 Å². The standard InChI is InChI=1S/C14H25N3O.2ClH/c1-10(11-8-15-9-11)14(18)16-12-5-7-17-6-3-2-4-13(12)17;;/h10-13,15H,2-9H2,1H3,(H,16,18);2*1H. The first kappa shape index (κ1) is 18.0. The number of carbonyl (C=O) groups is 1. The van der Waals surface area contributed by atoms with Gasteiger partial charge < -0.3 is 10.6 Å². The number of fused-ring (bicyclic) bond motifs is 1. The quantitative estimate of drug-likeness (QED) is 0.825. The van der Waals surface area contributed by atoms with Gasteiger partial charge >= 0.3 is 0 Å². The number of carbonyl (C=O) groups excluding carboxylic acids is 1. The van der Waals surface area contributed by atoms with Crippen molar-refractivity contribution in [2.24, 2.45) is 11.8 Å². The van der Waals surface area contributed by atoms with Crippen LogP contribution in [-0.4, -0.2) is 49.1 Å². The Bertz CT molecular complexity index is 326. The van der Waals surface area contributed by atoms with Crippen molar-refractivity contribution in [1.82, 2.24) is 15.5 Å². The second-order valence-electron chi connectivity index (χ2n) is 6.21. The first-order valence-corrected chi connectivity index (χ1v) is 7.51. The van der Waals surface area contributed by atoms with Crippen LogP contribution in [0.2, 0.25) is 0 Å². The van der Waals surface area contributed by atoms with Gasteiger partial charge in [0.2, 0.25) is 5.91 Å². The molecular weight excluding hydrogens is 297 g/mol. The summed E-state index contributed by atoms with van der Waals surface area (Å²) in [6.07, 6.45) is 5.08. The zero-order valence-electron chi connectivity index (χ0n) is 12.1. The fraction of sp³-hybridized carbons (Fsp3) is 0.929. The van der Waals surface area contributed by atoms with E-state index in [-0.39, 0.29) is 36.6 Å². The summed E-state index contributed by atoms with van der Waals surface area (Å²) in [4.78, 5) is 14.8. The summed E-state index contributed by atoms with van der Waals surface area (Å²) in [5, 5.41) is 6.57. The minimum Gasteiger partial charge on any atom is -0.352 e. The van der Waals surface area contributed by atoms with E-state index in [4.69, 9.17) is 0 Å². The van der Waals surface area contributed by atoms with Gasteiger partial charge in [-0.2, -0.15) is 0 Å². The minimum atomic E-state index is 0. The smallest absolute Gasteiger partial charge is 0.223 e. The molecule has 3 aliphatic heterocycles. The molecule has 3 aliphatic rings. The lowest BCUT2D eigenvalue weighted by Crippen LogP contribution is -2.53. The number of hydrogen-bond donors (Lipinski definition) is 2. The molecule has 118 valence electrons. The maximum absolute atomic E-state index is 12.3. The molecule has 1 amide bonds. The van der Waals surface area contributed by atoms with Crippen LogP contribution < -0.4 is 10.6 Å². The van der Waals surface area contributed by atoms with E-state index in [9.17, 15) is 4.79 Å². The van der Waals surface area contributed by atoms with E-state index in [1.807, 2.05) is 0 Å². The van der Waals surface area contributed by atoms with Crippen LogP contribution in [0.5, 0.6) is 0 Å². The van der Waals surface area contributed by atoms with Gasteiger partial charge in [-0.1, -0.05) is 13.3 Å². The molecule has 0 saturated carbocycles. The Kier molecular flexibility index (Phi) is 7.06. The minimum absolute atomic E-state index is 0. The van der Waals surface area contributed by atoms with Gasteiger partial charge in [0.25, 0.3) is 0 Å². The molecule has 0 radical (unpaired) electrons. The van der Waals surface area contributed by atoms with E-state index in [0.29, 0.717) is 18.0 Å². The summed E-state index contributed by atoms with van der Waals surface area (Å²) >= 11 is 0. The summed E-state index contributed by atoms with van der Waals surface area (Å²) in [6.45, 7) is 6.51. The van der Waals surface area contributed by atoms with Crippen molar-refractivity contribution in [1.29, 1.82) is 0 Å². The summed E-state index contributed by atoms with van der Waals surface area (Å²) in [5.41, 5.74) is 0. The van der Waals surface area contributed by atoms with Crippen LogP contribution in [0.3, 0.4) is 0 Å². The maximum Gasteiger partial charge on any atom is 0.223 e. The normalized spacial score (nSPS) is 31.2. The molecule has 20 heavy (non-hydrogen) atoms. The number of nitrogens with zero attached hydrogens (tertiary/aromatic N) is 1. The molecule has 0 bridgehead atoms. The highest BCUT2D eigenvalue weighted by atomic mass is 35.5. The highest BCUT2D eigenvalue weighted by Crippen LogP contribution is 2.27. The van der Waals surface area contributed by atoms with Crippen LogP contribution in [0.1, 0.15) is 32.6 Å². The third kappa shape index (κ3) is 3.59. The monoisotopic (exact) mass is 323 g/mol. The molecule has 3 unspecified atom stereocenters. The SMILES string of the molecule is CC(C(=O)NC1CCN2CCCCC12)C1CNC1.Cl.Cl. The Hall–Kier alpha value is -0.0300. The van der Waals surface area contributed by atoms with Gasteiger partial charge in [-0.3, -0.25) is 9.69 Å². The molecule has 3 rings (SSSR count). The van der Waals surface area contributed by atoms with Crippen molar-refractivity contribution in [3.05, 3.63) is 0 Å². The molecule has 0 spiro atoms. The average Bonchev–Trinajstić information content (AvgIpc) is 2.70. The first-order valence-electron chi connectivity index (χ1n) is 7.51. The predicted octanol–water partition coefficient (Wildman–Crippen LogP) is 1.43. The predicted molar refractivity (Wildman–Crippen MR) is 85.8 cm³/mol. The second kappa shape index (κ2) is 7.83. The summed E-state index contributed by atoms with van der Waals surface area (Å²) < 4.78 is 0. The van der Waals surface area contributed by atoms with Crippen LogP contribution in [0, 0.1) is 11.8 Å². The molecule has 4 nitrogen and oxygen atoms in total. The number of hydrogen-bond acceptors (Lipinski definition) is 3. The maximum atomic E-state index is 12.3. The molecule has 3 fully saturated rings. The Morgan fingerprint density at radius 3 is 2.60 bits per heavy atom. The Morgan fingerprint density at radius 1 is 1.20 bits per heavy atom. The van der Waals surface area contributed by atoms with Gasteiger partial charge in [-0.15, -0.1) is 24.8 Å². The highest BCUT2D eigenvalue weighted by molar-refractivity contribution is 5.85. The van der Waals surface area contributed by atoms with Crippen molar-refractivity contribution < 1.29 is 4.79 Å². The van der Waals surface area contributed by atoms with Crippen LogP contribution >= 0.6 is 24.8 Å². The Labute approximate surface area is 134 Å². The zero-order valence-corrected chi connectivity index (χ0v) is 13.8. The van der Waals surface area contributed by atoms with Gasteiger partial charge in [0.05, 0.1) is 0 Å². The topological polar surface area (TPSA) is 44.4 Å². The molecule has 0 aromatic carbocycles. The molecule has 0 aromatic rings. The summed E-state index contributed by atoms with van der Waals surface area (Å²) in [5.74, 6) is 0.997. The van der Waals surface area contributed by atoms with Crippen molar-refractivity contribution in [3.63, 3.8) is 0 Å². The van der Waals surface area contributed by atoms with Crippen LogP contribution in [-0.2, 0) is 4.79 Å². The molecule has 6 heteroatoms. The molecule has 0 aromatic heterocycles. The largest absolute Gasteiger partial charge is 0.352 e. The lowest BCUT2D eigenvalue weighted by atomic mass is 9.88. The third-order valence-corrected chi connectivity index (χ3v) is 5.12. The van der Waals surface area contributed by atoms with Crippen LogP contribution in [0.4, 0.5) is 0 Å². The van der Waals surface area contributed by atoms with E-state index < -0.39 is 0 Å². The lowest BCUT2D eigenvalue weighted by molar-refractivity contribution is -0.127. The Balaban J connectivity index is 0.000001000. The number of rotatable bonds is 3. The number of nitrogens with one attached hydrogen (secondary N) is 2. The molecule has 0 aliphatic carbocycles. The van der Waals surface area contributed by atoms with Crippen LogP contribution in [0.15, 0.2) is 0 Å². The molecule has 3 heterocycles. The van der Waals surface area contributed by atoms with Gasteiger partial charge in [-0.05, 0) is 44.8 Å². The first-order chi connectivity index (χ1) is 8.75. The molecule has 3 saturated heterocycles. The summed E-state index contributed by atoms with van der Waals surface area (Å²) in [6, 6.07) is 1.03. The van der Waals surface area contributed by atoms with Gasteiger partial charge in [0, 0.05) is 24.5 Å². The van der Waals surface area contributed by atoms with E-state index in [1.165, 1.54) is 32.4 Å². The Morgan fingerprint density at radius 2 is 1.95 bits per heavy atom. The van der Waals surface area contributed by atoms with Crippen molar-refractivity contribution in [3.8, 4) is 0 Å². The van der Waals surface area contributed by atoms with Gasteiger partial charge in [-0.25, -0.2) is 0 Å². The zero-order chi connectivity index (χ0) is 12.5. The molecule has 2 N–H and O–H groups in total. The number of piperidine rings is 1. The van der Waals surface area contributed by atoms with E-state index in [1.54, 1.807) is 0 Å². The van der Waals surface area contributed by atoms with Gasteiger partial charge in [0.15, 0.2) is 0 Å². The van der Waals surface area contributed by atoms with Crippen molar-refractivity contribution >= 4 is 30.7 Å². The van der Waals surface area contributed by atoms with E-state index in [0.717, 1.165) is 19.5 Å². The fourth-order valence-corrected chi connectivity index (χ4v) is 3.61. The van der Waals surface area contributed by atoms with E-state index in [2.05, 4.69) is 22.5 Å². The van der Waals surface area contributed by atoms with Crippen LogP contribution in [0.25, 0.3) is 0 Å². The fourth-order valence-electron chi connectivity index (χ4n) is 3.61. The van der Waals surface area contributed by atoms with Gasteiger partial charge in [0.1, 0.15) is 0 Å². The number of amides is 1. The number of halogens is 2. The third-order valence-electron chi connectivity index (χ3n) is 5.12. The molecular formula is C14H27Cl2N3O. The second-order valence-corrected chi connectivity index (χ2v) is 6.21. The molecule has 3 atom stereocenters. The summed E-state index contributed by atoms with van der Waals surface area (Å²) in [7, 11) is 0. The average molecular weight is 324 g/mol. The lowest BCUT2D eigenvalue weighted by Gasteiger charge is -2.35. The van der Waals surface area contributed by atoms with Crippen molar-refractivity contribution in [2.75, 3.05) is 26.2 Å².